The molecule has 86 valence electrons. The Hall–Kier alpha value is 0.0643. The Morgan fingerprint density at radius 3 is 1.57 bits per heavy atom. The van der Waals surface area contributed by atoms with Gasteiger partial charge in [-0.3, -0.25) is 4.79 Å². The van der Waals surface area contributed by atoms with Gasteiger partial charge >= 0.3 is 67.1 Å². The van der Waals surface area contributed by atoms with Crippen LogP contribution in [-0.4, -0.2) is 27.2 Å². The quantitative estimate of drug-likeness (QED) is 0.735. The van der Waals surface area contributed by atoms with Crippen LogP contribution in [0.25, 0.3) is 0 Å². The number of amides is 1. The first-order valence-electron chi connectivity index (χ1n) is 4.39. The van der Waals surface area contributed by atoms with E-state index in [1.165, 1.54) is 6.92 Å². The van der Waals surface area contributed by atoms with E-state index in [1.54, 1.807) is 21.3 Å². The van der Waals surface area contributed by atoms with E-state index in [0.29, 0.717) is 0 Å². The number of hydrogen-bond donors (Lipinski definition) is 1. The number of carbonyl (C=O) groups excluding carboxylic acids is 1. The summed E-state index contributed by atoms with van der Waals surface area (Å²) in [6, 6.07) is 0. The van der Waals surface area contributed by atoms with E-state index >= 15 is 0 Å². The molecule has 0 spiro atoms. The topological polar surface area (TPSA) is 70.8 Å². The van der Waals surface area contributed by atoms with Crippen LogP contribution >= 0.6 is 0 Å². The molecule has 6 heteroatoms. The maximum atomic E-state index is 9.22. The zero-order valence-corrected chi connectivity index (χ0v) is 11.2. The third kappa shape index (κ3) is 8.65. The third-order valence-corrected chi connectivity index (χ3v) is 6.14. The summed E-state index contributed by atoms with van der Waals surface area (Å²) in [5.41, 5.74) is 4.47. The van der Waals surface area contributed by atoms with E-state index in [0.717, 1.165) is 11.1 Å². The van der Waals surface area contributed by atoms with Crippen LogP contribution in [0, 0.1) is 0 Å². The third-order valence-electron chi connectivity index (χ3n) is 1.49. The average Bonchev–Trinajstić information content (AvgIpc) is 2.14. The Morgan fingerprint density at radius 2 is 1.50 bits per heavy atom. The van der Waals surface area contributed by atoms with Crippen LogP contribution in [0.3, 0.4) is 0 Å². The molecule has 0 fully saturated rings. The standard InChI is InChI=1S/C3H7.C2H5NO.3CH3O.Ti/c1-3-2;1-2(3)4;3*1-2;/h1,3H2,2H3;1H3,(H2,3,4);3*1H3;/q;;3*-1;+3. The minimum atomic E-state index is -2.70. The molecule has 2 N–H and O–H groups in total. The molecule has 0 aliphatic rings. The van der Waals surface area contributed by atoms with Gasteiger partial charge in [-0.2, -0.15) is 0 Å². The van der Waals surface area contributed by atoms with E-state index in [4.69, 9.17) is 9.96 Å². The van der Waals surface area contributed by atoms with Crippen LogP contribution in [0.2, 0.25) is 4.73 Å². The predicted molar refractivity (Wildman–Crippen MR) is 51.0 cm³/mol. The summed E-state index contributed by atoms with van der Waals surface area (Å²) < 4.78 is 16.6. The fourth-order valence-corrected chi connectivity index (χ4v) is 3.56. The number of primary amides is 1. The van der Waals surface area contributed by atoms with Gasteiger partial charge in [-0.15, -0.1) is 0 Å². The van der Waals surface area contributed by atoms with Crippen LogP contribution in [0.5, 0.6) is 0 Å². The van der Waals surface area contributed by atoms with Crippen LogP contribution < -0.4 is 5.73 Å². The summed E-state index contributed by atoms with van der Waals surface area (Å²) in [5.74, 6) is -0.333. The predicted octanol–water partition coefficient (Wildman–Crippen LogP) is 1.14. The minimum absolute atomic E-state index is 0.333. The molecule has 5 nitrogen and oxygen atoms in total. The molecule has 14 heavy (non-hydrogen) atoms. The first-order chi connectivity index (χ1) is 6.47. The molecule has 0 aliphatic carbocycles. The second-order valence-electron chi connectivity index (χ2n) is 2.66. The summed E-state index contributed by atoms with van der Waals surface area (Å²) in [7, 11) is 4.97. The summed E-state index contributed by atoms with van der Waals surface area (Å²) >= 11 is -2.70. The maximum absolute atomic E-state index is 9.22. The Kier molecular flexibility index (Phi) is 11.3. The van der Waals surface area contributed by atoms with Crippen LogP contribution in [0.15, 0.2) is 0 Å². The van der Waals surface area contributed by atoms with E-state index in [9.17, 15) is 4.79 Å². The molecule has 0 heterocycles. The van der Waals surface area contributed by atoms with Crippen molar-refractivity contribution >= 4 is 5.91 Å². The van der Waals surface area contributed by atoms with Gasteiger partial charge in [0, 0.05) is 6.92 Å². The summed E-state index contributed by atoms with van der Waals surface area (Å²) in [5, 5.41) is 0. The molecule has 0 aromatic carbocycles. The van der Waals surface area contributed by atoms with Crippen LogP contribution in [0.1, 0.15) is 20.3 Å². The van der Waals surface area contributed by atoms with Crippen molar-refractivity contribution in [3.8, 4) is 0 Å². The van der Waals surface area contributed by atoms with Gasteiger partial charge in [0.05, 0.1) is 0 Å². The van der Waals surface area contributed by atoms with Crippen molar-refractivity contribution in [1.82, 2.24) is 0 Å². The first kappa shape index (κ1) is 16.5. The number of hydrogen-bond acceptors (Lipinski definition) is 4. The second-order valence-corrected chi connectivity index (χ2v) is 7.48. The average molecular weight is 243 g/mol. The molecular formula is C8H21NO4Ti. The normalized spacial score (nSPS) is 10.4. The van der Waals surface area contributed by atoms with E-state index in [1.807, 2.05) is 0 Å². The van der Waals surface area contributed by atoms with Crippen molar-refractivity contribution < 1.29 is 32.5 Å². The van der Waals surface area contributed by atoms with Crippen molar-refractivity contribution in [3.63, 3.8) is 0 Å². The summed E-state index contributed by atoms with van der Waals surface area (Å²) in [6.45, 7) is 3.40. The number of carbonyl (C=O) groups is 1. The molecule has 0 aromatic rings. The molecule has 0 saturated carbocycles. The zero-order chi connectivity index (χ0) is 11.6. The second kappa shape index (κ2) is 9.61. The van der Waals surface area contributed by atoms with Crippen molar-refractivity contribution in [2.75, 3.05) is 21.3 Å². The molecule has 0 rings (SSSR count). The van der Waals surface area contributed by atoms with E-state index in [-0.39, 0.29) is 5.91 Å². The molecular weight excluding hydrogens is 222 g/mol. The molecule has 0 unspecified atom stereocenters. The number of rotatable bonds is 5. The van der Waals surface area contributed by atoms with Gasteiger partial charge in [0.15, 0.2) is 0 Å². The van der Waals surface area contributed by atoms with E-state index < -0.39 is 17.8 Å². The molecule has 0 aromatic heterocycles. The monoisotopic (exact) mass is 243 g/mol. The Morgan fingerprint density at radius 1 is 1.21 bits per heavy atom. The SMILES string of the molecule is CC(N)=O.CC[CH2][Ti]([O]C)([O]C)[O]C. The van der Waals surface area contributed by atoms with Crippen molar-refractivity contribution in [2.45, 2.75) is 25.0 Å². The van der Waals surface area contributed by atoms with Gasteiger partial charge in [-0.25, -0.2) is 0 Å². The fourth-order valence-electron chi connectivity index (χ4n) is 0.862. The van der Waals surface area contributed by atoms with Gasteiger partial charge in [0.1, 0.15) is 0 Å². The van der Waals surface area contributed by atoms with Gasteiger partial charge in [-0.1, -0.05) is 0 Å². The van der Waals surface area contributed by atoms with Crippen molar-refractivity contribution in [2.24, 2.45) is 5.73 Å². The van der Waals surface area contributed by atoms with Gasteiger partial charge in [-0.05, 0) is 0 Å². The van der Waals surface area contributed by atoms with Crippen molar-refractivity contribution in [1.29, 1.82) is 0 Å². The van der Waals surface area contributed by atoms with Crippen LogP contribution in [-0.2, 0) is 32.5 Å². The molecule has 0 bridgehead atoms. The Labute approximate surface area is 90.7 Å². The molecule has 1 amide bonds. The Balaban J connectivity index is 0. The van der Waals surface area contributed by atoms with Gasteiger partial charge < -0.3 is 5.73 Å². The summed E-state index contributed by atoms with van der Waals surface area (Å²) in [6.07, 6.45) is 1.05. The zero-order valence-electron chi connectivity index (χ0n) is 9.62. The Bertz CT molecular complexity index is 138. The van der Waals surface area contributed by atoms with Gasteiger partial charge in [0.2, 0.25) is 5.91 Å². The van der Waals surface area contributed by atoms with E-state index in [2.05, 4.69) is 12.7 Å². The van der Waals surface area contributed by atoms with Crippen molar-refractivity contribution in [3.05, 3.63) is 0 Å². The number of nitrogens with two attached hydrogens (primary N) is 1. The van der Waals surface area contributed by atoms with Crippen LogP contribution in [0.4, 0.5) is 0 Å². The molecule has 0 saturated heterocycles. The fraction of sp³-hybridized carbons (Fsp3) is 0.875. The summed E-state index contributed by atoms with van der Waals surface area (Å²) in [4.78, 5) is 9.22. The van der Waals surface area contributed by atoms with Gasteiger partial charge in [0.25, 0.3) is 0 Å². The first-order valence-corrected chi connectivity index (χ1v) is 7.41. The molecule has 0 aliphatic heterocycles. The molecule has 0 radical (unpaired) electrons. The molecule has 0 atom stereocenters.